The van der Waals surface area contributed by atoms with Crippen molar-refractivity contribution < 1.29 is 9.53 Å². The Bertz CT molecular complexity index is 272. The predicted octanol–water partition coefficient (Wildman–Crippen LogP) is -1.77. The molecule has 0 aromatic heterocycles. The SMILES string of the molecule is NC(N)=NCCC[C@H](N)C(=O)N1CCOCC1. The Hall–Kier alpha value is -1.34. The van der Waals surface area contributed by atoms with Gasteiger partial charge in [0.15, 0.2) is 5.96 Å². The molecule has 0 saturated carbocycles. The number of ether oxygens (including phenoxy) is 1. The van der Waals surface area contributed by atoms with Crippen molar-refractivity contribution in [2.45, 2.75) is 18.9 Å². The lowest BCUT2D eigenvalue weighted by atomic mass is 10.1. The molecule has 1 amide bonds. The van der Waals surface area contributed by atoms with E-state index in [0.29, 0.717) is 45.7 Å². The Morgan fingerprint density at radius 2 is 2.00 bits per heavy atom. The average Bonchev–Trinajstić information content (AvgIpc) is 2.34. The zero-order valence-corrected chi connectivity index (χ0v) is 9.97. The molecule has 1 atom stereocenters. The number of carbonyl (C=O) groups is 1. The topological polar surface area (TPSA) is 120 Å². The molecule has 1 saturated heterocycles. The third-order valence-corrected chi connectivity index (χ3v) is 2.61. The summed E-state index contributed by atoms with van der Waals surface area (Å²) in [6, 6.07) is -0.470. The van der Waals surface area contributed by atoms with E-state index >= 15 is 0 Å². The van der Waals surface area contributed by atoms with E-state index in [1.165, 1.54) is 0 Å². The van der Waals surface area contributed by atoms with Crippen LogP contribution in [0.4, 0.5) is 0 Å². The van der Waals surface area contributed by atoms with E-state index < -0.39 is 6.04 Å². The van der Waals surface area contributed by atoms with E-state index in [-0.39, 0.29) is 11.9 Å². The second-order valence-corrected chi connectivity index (χ2v) is 3.99. The Labute approximate surface area is 101 Å². The van der Waals surface area contributed by atoms with Gasteiger partial charge < -0.3 is 26.8 Å². The molecule has 0 radical (unpaired) electrons. The van der Waals surface area contributed by atoms with Gasteiger partial charge in [0.25, 0.3) is 0 Å². The number of hydrogen-bond acceptors (Lipinski definition) is 4. The summed E-state index contributed by atoms with van der Waals surface area (Å²) in [4.78, 5) is 17.5. The van der Waals surface area contributed by atoms with Crippen LogP contribution in [0.25, 0.3) is 0 Å². The second kappa shape index (κ2) is 7.08. The lowest BCUT2D eigenvalue weighted by molar-refractivity contribution is -0.136. The molecular formula is C10H21N5O2. The molecule has 17 heavy (non-hydrogen) atoms. The maximum atomic E-state index is 11.9. The summed E-state index contributed by atoms with van der Waals surface area (Å²) < 4.78 is 5.17. The fourth-order valence-electron chi connectivity index (χ4n) is 1.66. The Morgan fingerprint density at radius 1 is 1.35 bits per heavy atom. The molecule has 0 aromatic carbocycles. The van der Waals surface area contributed by atoms with E-state index in [4.69, 9.17) is 21.9 Å². The van der Waals surface area contributed by atoms with Crippen LogP contribution >= 0.6 is 0 Å². The minimum atomic E-state index is -0.470. The van der Waals surface area contributed by atoms with Crippen molar-refractivity contribution in [1.29, 1.82) is 0 Å². The molecular weight excluding hydrogens is 222 g/mol. The van der Waals surface area contributed by atoms with Crippen LogP contribution in [0.2, 0.25) is 0 Å². The number of guanidine groups is 1. The van der Waals surface area contributed by atoms with Crippen LogP contribution in [0.15, 0.2) is 4.99 Å². The second-order valence-electron chi connectivity index (χ2n) is 3.99. The molecule has 98 valence electrons. The van der Waals surface area contributed by atoms with Gasteiger partial charge >= 0.3 is 0 Å². The van der Waals surface area contributed by atoms with Gasteiger partial charge in [0.05, 0.1) is 19.3 Å². The summed E-state index contributed by atoms with van der Waals surface area (Å²) in [5.41, 5.74) is 16.2. The van der Waals surface area contributed by atoms with Gasteiger partial charge in [-0.2, -0.15) is 0 Å². The Morgan fingerprint density at radius 3 is 2.59 bits per heavy atom. The molecule has 1 fully saturated rings. The van der Waals surface area contributed by atoms with Crippen molar-refractivity contribution in [1.82, 2.24) is 4.90 Å². The summed E-state index contributed by atoms with van der Waals surface area (Å²) in [7, 11) is 0. The minimum Gasteiger partial charge on any atom is -0.378 e. The molecule has 1 aliphatic heterocycles. The van der Waals surface area contributed by atoms with Crippen molar-refractivity contribution in [3.05, 3.63) is 0 Å². The zero-order chi connectivity index (χ0) is 12.7. The first kappa shape index (κ1) is 13.7. The molecule has 1 aliphatic rings. The van der Waals surface area contributed by atoms with Gasteiger partial charge in [-0.1, -0.05) is 0 Å². The van der Waals surface area contributed by atoms with Gasteiger partial charge in [-0.3, -0.25) is 9.79 Å². The number of morpholine rings is 1. The van der Waals surface area contributed by atoms with Gasteiger partial charge in [-0.25, -0.2) is 0 Å². The smallest absolute Gasteiger partial charge is 0.239 e. The van der Waals surface area contributed by atoms with Crippen molar-refractivity contribution in [3.8, 4) is 0 Å². The van der Waals surface area contributed by atoms with Gasteiger partial charge in [-0.15, -0.1) is 0 Å². The van der Waals surface area contributed by atoms with Crippen molar-refractivity contribution >= 4 is 11.9 Å². The van der Waals surface area contributed by atoms with E-state index in [0.717, 1.165) is 0 Å². The summed E-state index contributed by atoms with van der Waals surface area (Å²) in [6.07, 6.45) is 1.29. The third-order valence-electron chi connectivity index (χ3n) is 2.61. The quantitative estimate of drug-likeness (QED) is 0.300. The summed E-state index contributed by atoms with van der Waals surface area (Å²) >= 11 is 0. The first-order valence-electron chi connectivity index (χ1n) is 5.78. The first-order valence-corrected chi connectivity index (χ1v) is 5.78. The molecule has 0 aliphatic carbocycles. The summed E-state index contributed by atoms with van der Waals surface area (Å²) in [5, 5.41) is 0. The molecule has 7 nitrogen and oxygen atoms in total. The van der Waals surface area contributed by atoms with Crippen molar-refractivity contribution in [2.24, 2.45) is 22.2 Å². The first-order chi connectivity index (χ1) is 8.11. The molecule has 0 spiro atoms. The minimum absolute atomic E-state index is 0.0157. The highest BCUT2D eigenvalue weighted by atomic mass is 16.5. The maximum absolute atomic E-state index is 11.9. The van der Waals surface area contributed by atoms with Crippen molar-refractivity contribution in [3.63, 3.8) is 0 Å². The molecule has 0 bridgehead atoms. The number of hydrogen-bond donors (Lipinski definition) is 3. The standard InChI is InChI=1S/C10H21N5O2/c11-8(2-1-3-14-10(12)13)9(16)15-4-6-17-7-5-15/h8H,1-7,11H2,(H4,12,13,14)/t8-/m0/s1. The molecule has 0 aromatic rings. The Kier molecular flexibility index (Phi) is 5.71. The number of carbonyl (C=O) groups excluding carboxylic acids is 1. The maximum Gasteiger partial charge on any atom is 0.239 e. The van der Waals surface area contributed by atoms with E-state index in [1.54, 1.807) is 4.90 Å². The van der Waals surface area contributed by atoms with E-state index in [1.807, 2.05) is 0 Å². The van der Waals surface area contributed by atoms with E-state index in [2.05, 4.69) is 4.99 Å². The van der Waals surface area contributed by atoms with Gasteiger partial charge in [0.1, 0.15) is 0 Å². The third kappa shape index (κ3) is 5.01. The normalized spacial score (nSPS) is 17.6. The van der Waals surface area contributed by atoms with Crippen LogP contribution in [-0.4, -0.2) is 55.7 Å². The van der Waals surface area contributed by atoms with Crippen molar-refractivity contribution in [2.75, 3.05) is 32.8 Å². The van der Waals surface area contributed by atoms with Crippen LogP contribution in [0.1, 0.15) is 12.8 Å². The lowest BCUT2D eigenvalue weighted by Crippen LogP contribution is -2.48. The number of nitrogens with two attached hydrogens (primary N) is 3. The molecule has 1 heterocycles. The van der Waals surface area contributed by atoms with Crippen LogP contribution < -0.4 is 17.2 Å². The van der Waals surface area contributed by atoms with Gasteiger partial charge in [-0.05, 0) is 12.8 Å². The van der Waals surface area contributed by atoms with Gasteiger partial charge in [0, 0.05) is 19.6 Å². The van der Waals surface area contributed by atoms with Crippen LogP contribution in [0, 0.1) is 0 Å². The van der Waals surface area contributed by atoms with Gasteiger partial charge in [0.2, 0.25) is 5.91 Å². The molecule has 1 rings (SSSR count). The zero-order valence-electron chi connectivity index (χ0n) is 9.97. The molecule has 7 heteroatoms. The Balaban J connectivity index is 2.24. The van der Waals surface area contributed by atoms with Crippen LogP contribution in [0.3, 0.4) is 0 Å². The van der Waals surface area contributed by atoms with Crippen LogP contribution in [0.5, 0.6) is 0 Å². The lowest BCUT2D eigenvalue weighted by Gasteiger charge is -2.29. The highest BCUT2D eigenvalue weighted by Gasteiger charge is 2.22. The predicted molar refractivity (Wildman–Crippen MR) is 65.3 cm³/mol. The molecule has 0 unspecified atom stereocenters. The fourth-order valence-corrected chi connectivity index (χ4v) is 1.66. The monoisotopic (exact) mass is 243 g/mol. The highest BCUT2D eigenvalue weighted by molar-refractivity contribution is 5.81. The number of rotatable bonds is 5. The largest absolute Gasteiger partial charge is 0.378 e. The number of aliphatic imine (C=N–C) groups is 1. The summed E-state index contributed by atoms with van der Waals surface area (Å²) in [5.74, 6) is 0.0519. The number of amides is 1. The number of nitrogens with zero attached hydrogens (tertiary/aromatic N) is 2. The van der Waals surface area contributed by atoms with Crippen LogP contribution in [-0.2, 0) is 9.53 Å². The highest BCUT2D eigenvalue weighted by Crippen LogP contribution is 2.03. The summed E-state index contributed by atoms with van der Waals surface area (Å²) in [6.45, 7) is 2.94. The molecule has 6 N–H and O–H groups in total. The fraction of sp³-hybridized carbons (Fsp3) is 0.800. The van der Waals surface area contributed by atoms with E-state index in [9.17, 15) is 4.79 Å². The average molecular weight is 243 g/mol.